The molecular weight excluding hydrogens is 136 g/mol. The number of aromatic nitrogens is 1. The van der Waals surface area contributed by atoms with Gasteiger partial charge in [-0.05, 0) is 18.1 Å². The number of pyridine rings is 1. The Morgan fingerprint density at radius 1 is 1.55 bits per heavy atom. The first-order valence-corrected chi connectivity index (χ1v) is 3.73. The van der Waals surface area contributed by atoms with Crippen LogP contribution in [-0.2, 0) is 0 Å². The molecule has 1 aromatic heterocycles. The van der Waals surface area contributed by atoms with Crippen LogP contribution in [0.15, 0.2) is 29.5 Å². The summed E-state index contributed by atoms with van der Waals surface area (Å²) >= 11 is 0. The predicted molar refractivity (Wildman–Crippen MR) is 47.2 cm³/mol. The molecule has 0 fully saturated rings. The molecule has 1 aromatic rings. The topological polar surface area (TPSA) is 25.2 Å². The van der Waals surface area contributed by atoms with E-state index in [1.54, 1.807) is 12.4 Å². The Morgan fingerprint density at radius 3 is 2.91 bits per heavy atom. The van der Waals surface area contributed by atoms with Gasteiger partial charge in [0.2, 0.25) is 0 Å². The highest BCUT2D eigenvalue weighted by molar-refractivity contribution is 5.64. The van der Waals surface area contributed by atoms with Crippen molar-refractivity contribution in [1.29, 1.82) is 0 Å². The van der Waals surface area contributed by atoms with E-state index in [9.17, 15) is 0 Å². The van der Waals surface area contributed by atoms with Crippen LogP contribution in [-0.4, -0.2) is 11.2 Å². The fraction of sp³-hybridized carbons (Fsp3) is 0.333. The first-order chi connectivity index (χ1) is 5.29. The molecule has 0 aromatic carbocycles. The van der Waals surface area contributed by atoms with Crippen molar-refractivity contribution in [3.63, 3.8) is 0 Å². The van der Waals surface area contributed by atoms with E-state index in [1.165, 1.54) is 0 Å². The molecule has 0 saturated carbocycles. The van der Waals surface area contributed by atoms with Crippen molar-refractivity contribution in [3.8, 4) is 0 Å². The molecular formula is C9H12N2. The molecule has 0 radical (unpaired) electrons. The van der Waals surface area contributed by atoms with Crippen molar-refractivity contribution in [1.82, 2.24) is 4.98 Å². The van der Waals surface area contributed by atoms with Crippen LogP contribution >= 0.6 is 0 Å². The SMILES string of the molecule is CC(C)C=Nc1cccnc1. The van der Waals surface area contributed by atoms with Gasteiger partial charge in [-0.2, -0.15) is 0 Å². The molecule has 0 amide bonds. The smallest absolute Gasteiger partial charge is 0.0808 e. The third-order valence-electron chi connectivity index (χ3n) is 1.17. The van der Waals surface area contributed by atoms with E-state index in [-0.39, 0.29) is 0 Å². The normalized spacial score (nSPS) is 11.2. The number of nitrogens with zero attached hydrogens (tertiary/aromatic N) is 2. The minimum atomic E-state index is 0.496. The minimum Gasteiger partial charge on any atom is -0.262 e. The number of hydrogen-bond donors (Lipinski definition) is 0. The highest BCUT2D eigenvalue weighted by Gasteiger charge is 1.86. The zero-order chi connectivity index (χ0) is 8.10. The maximum Gasteiger partial charge on any atom is 0.0808 e. The first-order valence-electron chi connectivity index (χ1n) is 3.73. The largest absolute Gasteiger partial charge is 0.262 e. The lowest BCUT2D eigenvalue weighted by atomic mass is 10.2. The highest BCUT2D eigenvalue weighted by Crippen LogP contribution is 2.06. The van der Waals surface area contributed by atoms with Gasteiger partial charge in [0.25, 0.3) is 0 Å². The molecule has 11 heavy (non-hydrogen) atoms. The Labute approximate surface area is 67.0 Å². The second-order valence-corrected chi connectivity index (χ2v) is 2.73. The van der Waals surface area contributed by atoms with Crippen molar-refractivity contribution >= 4 is 11.9 Å². The summed E-state index contributed by atoms with van der Waals surface area (Å²) in [6, 6.07) is 3.82. The van der Waals surface area contributed by atoms with Crippen molar-refractivity contribution in [2.24, 2.45) is 10.9 Å². The summed E-state index contributed by atoms with van der Waals surface area (Å²) in [5, 5.41) is 0. The average molecular weight is 148 g/mol. The van der Waals surface area contributed by atoms with Crippen LogP contribution in [0.3, 0.4) is 0 Å². The molecule has 0 N–H and O–H groups in total. The fourth-order valence-electron chi connectivity index (χ4n) is 0.665. The maximum absolute atomic E-state index is 4.22. The second-order valence-electron chi connectivity index (χ2n) is 2.73. The van der Waals surface area contributed by atoms with Gasteiger partial charge in [0.1, 0.15) is 0 Å². The summed E-state index contributed by atoms with van der Waals surface area (Å²) < 4.78 is 0. The Bertz CT molecular complexity index is 227. The first kappa shape index (κ1) is 7.92. The van der Waals surface area contributed by atoms with Crippen LogP contribution in [0.4, 0.5) is 5.69 Å². The summed E-state index contributed by atoms with van der Waals surface area (Å²) in [5.41, 5.74) is 0.918. The van der Waals surface area contributed by atoms with Gasteiger partial charge in [-0.3, -0.25) is 9.98 Å². The van der Waals surface area contributed by atoms with Gasteiger partial charge < -0.3 is 0 Å². The van der Waals surface area contributed by atoms with Crippen LogP contribution in [0.2, 0.25) is 0 Å². The average Bonchev–Trinajstić information content (AvgIpc) is 2.03. The Hall–Kier alpha value is -1.18. The van der Waals surface area contributed by atoms with Gasteiger partial charge >= 0.3 is 0 Å². The number of hydrogen-bond acceptors (Lipinski definition) is 2. The van der Waals surface area contributed by atoms with Gasteiger partial charge in [-0.15, -0.1) is 0 Å². The molecule has 1 rings (SSSR count). The summed E-state index contributed by atoms with van der Waals surface area (Å²) in [4.78, 5) is 8.17. The minimum absolute atomic E-state index is 0.496. The molecule has 0 saturated heterocycles. The summed E-state index contributed by atoms with van der Waals surface area (Å²) in [5.74, 6) is 0.496. The van der Waals surface area contributed by atoms with E-state index in [1.807, 2.05) is 18.3 Å². The molecule has 0 aliphatic rings. The monoisotopic (exact) mass is 148 g/mol. The van der Waals surface area contributed by atoms with E-state index in [4.69, 9.17) is 0 Å². The lowest BCUT2D eigenvalue weighted by Gasteiger charge is -1.93. The zero-order valence-electron chi connectivity index (χ0n) is 6.86. The van der Waals surface area contributed by atoms with Crippen LogP contribution in [0, 0.1) is 5.92 Å². The molecule has 0 aliphatic heterocycles. The van der Waals surface area contributed by atoms with Crippen molar-refractivity contribution in [3.05, 3.63) is 24.5 Å². The quantitative estimate of drug-likeness (QED) is 0.591. The maximum atomic E-state index is 4.22. The van der Waals surface area contributed by atoms with Gasteiger partial charge in [-0.1, -0.05) is 13.8 Å². The predicted octanol–water partition coefficient (Wildman–Crippen LogP) is 2.44. The Balaban J connectivity index is 2.65. The highest BCUT2D eigenvalue weighted by atomic mass is 14.8. The van der Waals surface area contributed by atoms with Gasteiger partial charge in [0.15, 0.2) is 0 Å². The summed E-state index contributed by atoms with van der Waals surface area (Å²) in [6.45, 7) is 4.19. The molecule has 2 heteroatoms. The molecule has 0 aliphatic carbocycles. The summed E-state index contributed by atoms with van der Waals surface area (Å²) in [6.07, 6.45) is 5.41. The van der Waals surface area contributed by atoms with Crippen molar-refractivity contribution in [2.75, 3.05) is 0 Å². The second kappa shape index (κ2) is 3.86. The summed E-state index contributed by atoms with van der Waals surface area (Å²) in [7, 11) is 0. The lowest BCUT2D eigenvalue weighted by molar-refractivity contribution is 0.907. The standard InChI is InChI=1S/C9H12N2/c1-8(2)6-11-9-4-3-5-10-7-9/h3-8H,1-2H3. The molecule has 0 spiro atoms. The third-order valence-corrected chi connectivity index (χ3v) is 1.17. The molecule has 2 nitrogen and oxygen atoms in total. The molecule has 0 bridgehead atoms. The van der Waals surface area contributed by atoms with Crippen molar-refractivity contribution < 1.29 is 0 Å². The molecule has 1 heterocycles. The fourth-order valence-corrected chi connectivity index (χ4v) is 0.665. The molecule has 58 valence electrons. The van der Waals surface area contributed by atoms with E-state index in [0.29, 0.717) is 5.92 Å². The lowest BCUT2D eigenvalue weighted by Crippen LogP contribution is -1.85. The van der Waals surface area contributed by atoms with Crippen LogP contribution in [0.1, 0.15) is 13.8 Å². The van der Waals surface area contributed by atoms with Crippen LogP contribution < -0.4 is 0 Å². The third kappa shape index (κ3) is 2.94. The number of aliphatic imine (C=N–C) groups is 1. The van der Waals surface area contributed by atoms with Crippen molar-refractivity contribution in [2.45, 2.75) is 13.8 Å². The van der Waals surface area contributed by atoms with Gasteiger partial charge in [-0.25, -0.2) is 0 Å². The van der Waals surface area contributed by atoms with E-state index in [2.05, 4.69) is 23.8 Å². The number of rotatable bonds is 2. The van der Waals surface area contributed by atoms with E-state index >= 15 is 0 Å². The Kier molecular flexibility index (Phi) is 2.78. The van der Waals surface area contributed by atoms with Crippen LogP contribution in [0.5, 0.6) is 0 Å². The van der Waals surface area contributed by atoms with Gasteiger partial charge in [0.05, 0.1) is 11.9 Å². The molecule has 0 unspecified atom stereocenters. The van der Waals surface area contributed by atoms with Crippen LogP contribution in [0.25, 0.3) is 0 Å². The van der Waals surface area contributed by atoms with E-state index in [0.717, 1.165) is 5.69 Å². The Morgan fingerprint density at radius 2 is 2.36 bits per heavy atom. The van der Waals surface area contributed by atoms with Gasteiger partial charge in [0, 0.05) is 12.4 Å². The van der Waals surface area contributed by atoms with E-state index < -0.39 is 0 Å². The molecule has 0 atom stereocenters. The zero-order valence-corrected chi connectivity index (χ0v) is 6.86.